The Bertz CT molecular complexity index is 1610. The number of carbonyl (C=O) groups is 1. The first-order valence-electron chi connectivity index (χ1n) is 13.7. The molecule has 6 rings (SSSR count). The standard InChI is InChI=1S/C34H30N4O3/c1-40-28-16-10-23(11-17-28)18-19-36-22-25-8-12-26(13-9-25)30-20-31-29-4-2-3-5-32(29)41-34(38(31)37-30)33(39)27-14-6-24(21-35)7-15-27/h2-17,31,34,36H,18-20,22H2,1H3. The Kier molecular flexibility index (Phi) is 7.48. The molecule has 0 amide bonds. The van der Waals surface area contributed by atoms with Gasteiger partial charge in [0.2, 0.25) is 5.78 Å². The third-order valence-corrected chi connectivity index (χ3v) is 7.59. The smallest absolute Gasteiger partial charge is 0.251 e. The van der Waals surface area contributed by atoms with Crippen molar-refractivity contribution in [1.29, 1.82) is 5.26 Å². The van der Waals surface area contributed by atoms with Gasteiger partial charge in [0.05, 0.1) is 30.5 Å². The van der Waals surface area contributed by atoms with Gasteiger partial charge in [-0.2, -0.15) is 10.4 Å². The molecular weight excluding hydrogens is 512 g/mol. The number of Topliss-reactive ketones (excluding diaryl/α,β-unsaturated/α-hetero) is 1. The summed E-state index contributed by atoms with van der Waals surface area (Å²) in [5.41, 5.74) is 6.43. The van der Waals surface area contributed by atoms with E-state index in [9.17, 15) is 4.79 Å². The van der Waals surface area contributed by atoms with Crippen molar-refractivity contribution < 1.29 is 14.3 Å². The summed E-state index contributed by atoms with van der Waals surface area (Å²) in [6.07, 6.45) is 0.744. The molecule has 2 atom stereocenters. The second-order valence-corrected chi connectivity index (χ2v) is 10.2. The van der Waals surface area contributed by atoms with E-state index < -0.39 is 6.23 Å². The summed E-state index contributed by atoms with van der Waals surface area (Å²) >= 11 is 0. The van der Waals surface area contributed by atoms with Crippen molar-refractivity contribution in [1.82, 2.24) is 10.3 Å². The fourth-order valence-electron chi connectivity index (χ4n) is 5.31. The number of ketones is 1. The zero-order valence-corrected chi connectivity index (χ0v) is 22.8. The average molecular weight is 543 g/mol. The van der Waals surface area contributed by atoms with Crippen molar-refractivity contribution in [2.24, 2.45) is 5.10 Å². The molecule has 0 radical (unpaired) electrons. The molecule has 204 valence electrons. The SMILES string of the molecule is COc1ccc(CCNCc2ccc(C3=NN4C(C(=O)c5ccc(C#N)cc5)Oc5ccccc5C4C3)cc2)cc1. The summed E-state index contributed by atoms with van der Waals surface area (Å²) in [7, 11) is 1.68. The number of hydrogen-bond donors (Lipinski definition) is 1. The number of carbonyl (C=O) groups excluding carboxylic acids is 1. The highest BCUT2D eigenvalue weighted by Crippen LogP contribution is 2.43. The third kappa shape index (κ3) is 5.56. The largest absolute Gasteiger partial charge is 0.497 e. The number of hydrogen-bond acceptors (Lipinski definition) is 7. The molecule has 0 aliphatic carbocycles. The van der Waals surface area contributed by atoms with Crippen LogP contribution in [-0.4, -0.2) is 36.4 Å². The molecule has 1 N–H and O–H groups in total. The minimum atomic E-state index is -0.880. The van der Waals surface area contributed by atoms with E-state index in [1.54, 1.807) is 36.4 Å². The molecule has 2 unspecified atom stereocenters. The number of benzene rings is 4. The third-order valence-electron chi connectivity index (χ3n) is 7.59. The summed E-state index contributed by atoms with van der Waals surface area (Å²) in [6.45, 7) is 1.66. The number of nitrogens with one attached hydrogen (secondary N) is 1. The average Bonchev–Trinajstić information content (AvgIpc) is 3.49. The summed E-state index contributed by atoms with van der Waals surface area (Å²) in [5.74, 6) is 1.39. The molecule has 7 heteroatoms. The second kappa shape index (κ2) is 11.7. The van der Waals surface area contributed by atoms with E-state index in [-0.39, 0.29) is 11.8 Å². The van der Waals surface area contributed by atoms with Crippen LogP contribution in [0.15, 0.2) is 102 Å². The van der Waals surface area contributed by atoms with E-state index in [2.05, 4.69) is 47.8 Å². The lowest BCUT2D eigenvalue weighted by Gasteiger charge is -2.37. The molecule has 2 aliphatic heterocycles. The first-order chi connectivity index (χ1) is 20.1. The van der Waals surface area contributed by atoms with E-state index in [0.29, 0.717) is 23.3 Å². The van der Waals surface area contributed by atoms with Crippen LogP contribution in [0.1, 0.15) is 50.6 Å². The number of methoxy groups -OCH3 is 1. The number of nitrogens with zero attached hydrogens (tertiary/aromatic N) is 3. The van der Waals surface area contributed by atoms with Crippen molar-refractivity contribution in [3.8, 4) is 17.6 Å². The normalized spacial score (nSPS) is 17.1. The minimum Gasteiger partial charge on any atom is -0.497 e. The van der Waals surface area contributed by atoms with Crippen LogP contribution in [0, 0.1) is 11.3 Å². The maximum Gasteiger partial charge on any atom is 0.251 e. The molecule has 4 aromatic rings. The predicted molar refractivity (Wildman–Crippen MR) is 157 cm³/mol. The molecule has 0 saturated carbocycles. The van der Waals surface area contributed by atoms with Gasteiger partial charge in [-0.3, -0.25) is 4.79 Å². The zero-order chi connectivity index (χ0) is 28.2. The van der Waals surface area contributed by atoms with E-state index in [1.165, 1.54) is 11.1 Å². The van der Waals surface area contributed by atoms with Gasteiger partial charge in [-0.1, -0.05) is 54.6 Å². The van der Waals surface area contributed by atoms with Crippen LogP contribution in [0.25, 0.3) is 0 Å². The van der Waals surface area contributed by atoms with Gasteiger partial charge in [0.25, 0.3) is 6.23 Å². The summed E-state index contributed by atoms with van der Waals surface area (Å²) < 4.78 is 11.4. The van der Waals surface area contributed by atoms with Crippen LogP contribution in [0.2, 0.25) is 0 Å². The van der Waals surface area contributed by atoms with E-state index >= 15 is 0 Å². The van der Waals surface area contributed by atoms with Crippen molar-refractivity contribution >= 4 is 11.5 Å². The molecule has 2 heterocycles. The van der Waals surface area contributed by atoms with Gasteiger partial charge >= 0.3 is 0 Å². The predicted octanol–water partition coefficient (Wildman–Crippen LogP) is 5.65. The highest BCUT2D eigenvalue weighted by Gasteiger charge is 2.43. The lowest BCUT2D eigenvalue weighted by molar-refractivity contribution is -0.00455. The van der Waals surface area contributed by atoms with Crippen molar-refractivity contribution in [2.75, 3.05) is 13.7 Å². The Morgan fingerprint density at radius 1 is 1.00 bits per heavy atom. The van der Waals surface area contributed by atoms with Crippen LogP contribution >= 0.6 is 0 Å². The molecule has 0 saturated heterocycles. The molecule has 2 aliphatic rings. The van der Waals surface area contributed by atoms with Crippen LogP contribution in [0.4, 0.5) is 0 Å². The Balaban J connectivity index is 1.14. The van der Waals surface area contributed by atoms with Gasteiger partial charge in [-0.25, -0.2) is 5.01 Å². The van der Waals surface area contributed by atoms with Crippen molar-refractivity contribution in [3.63, 3.8) is 0 Å². The summed E-state index contributed by atoms with van der Waals surface area (Å²) in [5, 5.41) is 19.4. The number of para-hydroxylation sites is 1. The van der Waals surface area contributed by atoms with Gasteiger partial charge in [0.1, 0.15) is 11.5 Å². The number of nitriles is 1. The molecular formula is C34H30N4O3. The monoisotopic (exact) mass is 542 g/mol. The van der Waals surface area contributed by atoms with Crippen molar-refractivity contribution in [3.05, 3.63) is 130 Å². The van der Waals surface area contributed by atoms with Gasteiger partial charge in [-0.15, -0.1) is 0 Å². The number of ether oxygens (including phenoxy) is 2. The molecule has 0 spiro atoms. The van der Waals surface area contributed by atoms with Crippen LogP contribution in [-0.2, 0) is 13.0 Å². The fourth-order valence-corrected chi connectivity index (χ4v) is 5.31. The van der Waals surface area contributed by atoms with Crippen LogP contribution < -0.4 is 14.8 Å². The minimum absolute atomic E-state index is 0.0958. The second-order valence-electron chi connectivity index (χ2n) is 10.2. The van der Waals surface area contributed by atoms with Crippen LogP contribution in [0.5, 0.6) is 11.5 Å². The van der Waals surface area contributed by atoms with E-state index in [1.807, 2.05) is 36.4 Å². The fraction of sp³-hybridized carbons (Fsp3) is 0.206. The summed E-state index contributed by atoms with van der Waals surface area (Å²) in [6, 6.07) is 33.1. The highest BCUT2D eigenvalue weighted by molar-refractivity contribution is 6.03. The topological polar surface area (TPSA) is 87.0 Å². The van der Waals surface area contributed by atoms with Gasteiger partial charge in [0, 0.05) is 24.1 Å². The van der Waals surface area contributed by atoms with Gasteiger partial charge < -0.3 is 14.8 Å². The Morgan fingerprint density at radius 3 is 2.46 bits per heavy atom. The molecule has 7 nitrogen and oxygen atoms in total. The zero-order valence-electron chi connectivity index (χ0n) is 22.8. The molecule has 41 heavy (non-hydrogen) atoms. The highest BCUT2D eigenvalue weighted by atomic mass is 16.5. The lowest BCUT2D eigenvalue weighted by Crippen LogP contribution is -2.45. The molecule has 0 fully saturated rings. The first kappa shape index (κ1) is 26.3. The first-order valence-corrected chi connectivity index (χ1v) is 13.7. The summed E-state index contributed by atoms with van der Waals surface area (Å²) in [4.78, 5) is 13.6. The molecule has 0 aromatic heterocycles. The van der Waals surface area contributed by atoms with E-state index in [0.717, 1.165) is 42.1 Å². The molecule has 0 bridgehead atoms. The maximum absolute atomic E-state index is 13.6. The van der Waals surface area contributed by atoms with Crippen LogP contribution in [0.3, 0.4) is 0 Å². The Morgan fingerprint density at radius 2 is 1.73 bits per heavy atom. The Hall–Kier alpha value is -4.93. The Labute approximate surface area is 239 Å². The van der Waals surface area contributed by atoms with Gasteiger partial charge in [0.15, 0.2) is 0 Å². The van der Waals surface area contributed by atoms with Gasteiger partial charge in [-0.05, 0) is 72.1 Å². The van der Waals surface area contributed by atoms with E-state index in [4.69, 9.17) is 19.8 Å². The number of hydrazone groups is 1. The quantitative estimate of drug-likeness (QED) is 0.217. The molecule has 4 aromatic carbocycles. The maximum atomic E-state index is 13.6. The lowest BCUT2D eigenvalue weighted by atomic mass is 9.95. The van der Waals surface area contributed by atoms with Crippen molar-refractivity contribution in [2.45, 2.75) is 31.7 Å². The number of rotatable bonds is 9. The number of fused-ring (bicyclic) bond motifs is 3.